The number of aryl methyl sites for hydroxylation is 1. The Bertz CT molecular complexity index is 1220. The topological polar surface area (TPSA) is 89.7 Å². The number of anilines is 2. The van der Waals surface area contributed by atoms with Gasteiger partial charge in [-0.1, -0.05) is 6.07 Å². The maximum atomic E-state index is 5.75. The highest BCUT2D eigenvalue weighted by Gasteiger charge is 2.14. The van der Waals surface area contributed by atoms with Gasteiger partial charge in [0, 0.05) is 12.1 Å². The van der Waals surface area contributed by atoms with Crippen molar-refractivity contribution >= 4 is 17.3 Å². The summed E-state index contributed by atoms with van der Waals surface area (Å²) in [6.45, 7) is 2.12. The number of pyridine rings is 1. The number of benzene rings is 1. The third-order valence-corrected chi connectivity index (χ3v) is 5.22. The molecule has 0 saturated heterocycles. The summed E-state index contributed by atoms with van der Waals surface area (Å²) >= 11 is 0. The smallest absolute Gasteiger partial charge is 0.316 e. The van der Waals surface area contributed by atoms with Crippen molar-refractivity contribution in [1.29, 1.82) is 0 Å². The minimum atomic E-state index is 0.346. The van der Waals surface area contributed by atoms with E-state index in [-0.39, 0.29) is 0 Å². The van der Waals surface area contributed by atoms with Crippen LogP contribution in [-0.4, -0.2) is 63.3 Å². The highest BCUT2D eigenvalue weighted by molar-refractivity contribution is 5.66. The Balaban J connectivity index is 1.35. The zero-order valence-electron chi connectivity index (χ0n) is 18.2. The third kappa shape index (κ3) is 4.33. The van der Waals surface area contributed by atoms with E-state index >= 15 is 0 Å². The summed E-state index contributed by atoms with van der Waals surface area (Å²) in [6.07, 6.45) is 5.39. The van der Waals surface area contributed by atoms with Crippen LogP contribution in [0.2, 0.25) is 0 Å². The van der Waals surface area contributed by atoms with E-state index in [1.807, 2.05) is 47.8 Å². The van der Waals surface area contributed by atoms with Crippen molar-refractivity contribution in [3.05, 3.63) is 54.4 Å². The zero-order valence-corrected chi connectivity index (χ0v) is 18.2. The second kappa shape index (κ2) is 8.80. The molecule has 0 radical (unpaired) electrons. The van der Waals surface area contributed by atoms with Gasteiger partial charge in [0.2, 0.25) is 5.95 Å². The van der Waals surface area contributed by atoms with Gasteiger partial charge in [0.05, 0.1) is 30.4 Å². The first kappa shape index (κ1) is 20.2. The molecule has 5 rings (SSSR count). The molecule has 0 aliphatic carbocycles. The van der Waals surface area contributed by atoms with Gasteiger partial charge in [-0.15, -0.1) is 5.10 Å². The van der Waals surface area contributed by atoms with E-state index in [1.54, 1.807) is 12.4 Å². The van der Waals surface area contributed by atoms with E-state index in [9.17, 15) is 0 Å². The highest BCUT2D eigenvalue weighted by atomic mass is 16.5. The van der Waals surface area contributed by atoms with E-state index < -0.39 is 0 Å². The van der Waals surface area contributed by atoms with Gasteiger partial charge in [-0.05, 0) is 62.8 Å². The van der Waals surface area contributed by atoms with Gasteiger partial charge < -0.3 is 19.7 Å². The molecule has 4 heterocycles. The standard InChI is InChI=1S/C23H25N7O2/c1-29(2)10-12-32-23-24-14-18(15-25-23)26-22-27-21-7-3-6-19(30(21)28-22)16-8-9-20-17(13-16)5-4-11-31-20/h3,6-9,13-15H,4-5,10-12H2,1-2H3,(H,26,28). The molecule has 9 heteroatoms. The van der Waals surface area contributed by atoms with E-state index in [1.165, 1.54) is 5.56 Å². The fourth-order valence-corrected chi connectivity index (χ4v) is 3.60. The molecule has 4 aromatic rings. The number of nitrogens with one attached hydrogen (secondary N) is 1. The normalized spacial score (nSPS) is 13.1. The number of likely N-dealkylation sites (N-methyl/N-ethyl adjacent to an activating group) is 1. The lowest BCUT2D eigenvalue weighted by molar-refractivity contribution is 0.245. The van der Waals surface area contributed by atoms with Gasteiger partial charge in [-0.3, -0.25) is 0 Å². The number of hydrogen-bond donors (Lipinski definition) is 1. The molecule has 0 saturated carbocycles. The van der Waals surface area contributed by atoms with Crippen LogP contribution in [0.5, 0.6) is 11.8 Å². The van der Waals surface area contributed by atoms with E-state index in [2.05, 4.69) is 37.5 Å². The van der Waals surface area contributed by atoms with Crippen LogP contribution in [0.15, 0.2) is 48.8 Å². The third-order valence-electron chi connectivity index (χ3n) is 5.22. The summed E-state index contributed by atoms with van der Waals surface area (Å²) in [6, 6.07) is 12.6. The average molecular weight is 432 g/mol. The first-order valence-corrected chi connectivity index (χ1v) is 10.6. The van der Waals surface area contributed by atoms with Crippen LogP contribution in [0.4, 0.5) is 11.6 Å². The van der Waals surface area contributed by atoms with Gasteiger partial charge in [-0.25, -0.2) is 14.5 Å². The summed E-state index contributed by atoms with van der Waals surface area (Å²) in [4.78, 5) is 15.1. The van der Waals surface area contributed by atoms with Gasteiger partial charge in [0.15, 0.2) is 5.65 Å². The summed E-state index contributed by atoms with van der Waals surface area (Å²) in [5.41, 5.74) is 4.72. The number of nitrogens with zero attached hydrogens (tertiary/aromatic N) is 6. The lowest BCUT2D eigenvalue weighted by atomic mass is 10.0. The number of fused-ring (bicyclic) bond motifs is 2. The molecule has 0 fully saturated rings. The molecule has 0 amide bonds. The lowest BCUT2D eigenvalue weighted by Crippen LogP contribution is -2.20. The molecule has 1 N–H and O–H groups in total. The molecule has 1 aliphatic rings. The molecule has 3 aromatic heterocycles. The summed E-state index contributed by atoms with van der Waals surface area (Å²) in [7, 11) is 3.98. The molecular formula is C23H25N7O2. The van der Waals surface area contributed by atoms with Crippen molar-refractivity contribution in [2.75, 3.05) is 39.2 Å². The molecule has 0 atom stereocenters. The first-order valence-electron chi connectivity index (χ1n) is 10.6. The Morgan fingerprint density at radius 1 is 1.16 bits per heavy atom. The molecule has 32 heavy (non-hydrogen) atoms. The molecule has 1 aliphatic heterocycles. The van der Waals surface area contributed by atoms with Crippen LogP contribution in [-0.2, 0) is 6.42 Å². The zero-order chi connectivity index (χ0) is 21.9. The quantitative estimate of drug-likeness (QED) is 0.477. The van der Waals surface area contributed by atoms with Crippen LogP contribution in [0.25, 0.3) is 16.9 Å². The summed E-state index contributed by atoms with van der Waals surface area (Å²) < 4.78 is 13.1. The fraction of sp³-hybridized carbons (Fsp3) is 0.304. The van der Waals surface area contributed by atoms with Crippen LogP contribution in [0.3, 0.4) is 0 Å². The number of rotatable bonds is 7. The first-order chi connectivity index (χ1) is 15.7. The molecule has 0 unspecified atom stereocenters. The van der Waals surface area contributed by atoms with Crippen molar-refractivity contribution in [2.45, 2.75) is 12.8 Å². The van der Waals surface area contributed by atoms with E-state index in [0.717, 1.165) is 48.6 Å². The van der Waals surface area contributed by atoms with Crippen molar-refractivity contribution in [3.8, 4) is 23.0 Å². The maximum absolute atomic E-state index is 5.75. The molecule has 164 valence electrons. The van der Waals surface area contributed by atoms with Gasteiger partial charge in [-0.2, -0.15) is 4.98 Å². The van der Waals surface area contributed by atoms with Crippen molar-refractivity contribution < 1.29 is 9.47 Å². The molecular weight excluding hydrogens is 406 g/mol. The number of aromatic nitrogens is 5. The Morgan fingerprint density at radius 3 is 2.88 bits per heavy atom. The van der Waals surface area contributed by atoms with Crippen LogP contribution in [0.1, 0.15) is 12.0 Å². The Morgan fingerprint density at radius 2 is 2.03 bits per heavy atom. The molecule has 1 aromatic carbocycles. The molecule has 9 nitrogen and oxygen atoms in total. The van der Waals surface area contributed by atoms with E-state index in [0.29, 0.717) is 24.3 Å². The molecule has 0 spiro atoms. The van der Waals surface area contributed by atoms with Crippen molar-refractivity contribution in [1.82, 2.24) is 29.5 Å². The predicted octanol–water partition coefficient (Wildman–Crippen LogP) is 3.20. The predicted molar refractivity (Wildman–Crippen MR) is 122 cm³/mol. The minimum Gasteiger partial charge on any atom is -0.493 e. The number of ether oxygens (including phenoxy) is 2. The number of hydrogen-bond acceptors (Lipinski definition) is 8. The highest BCUT2D eigenvalue weighted by Crippen LogP contribution is 2.30. The fourth-order valence-electron chi connectivity index (χ4n) is 3.60. The largest absolute Gasteiger partial charge is 0.493 e. The molecule has 0 bridgehead atoms. The van der Waals surface area contributed by atoms with Gasteiger partial charge in [0.1, 0.15) is 12.4 Å². The Kier molecular flexibility index (Phi) is 5.55. The van der Waals surface area contributed by atoms with Crippen LogP contribution >= 0.6 is 0 Å². The Labute approximate surface area is 186 Å². The van der Waals surface area contributed by atoms with Crippen LogP contribution in [0, 0.1) is 0 Å². The lowest BCUT2D eigenvalue weighted by Gasteiger charge is -2.18. The van der Waals surface area contributed by atoms with E-state index in [4.69, 9.17) is 9.47 Å². The minimum absolute atomic E-state index is 0.346. The average Bonchev–Trinajstić information content (AvgIpc) is 3.22. The Hall–Kier alpha value is -3.72. The second-order valence-corrected chi connectivity index (χ2v) is 7.92. The van der Waals surface area contributed by atoms with Gasteiger partial charge in [0.25, 0.3) is 0 Å². The van der Waals surface area contributed by atoms with Crippen molar-refractivity contribution in [3.63, 3.8) is 0 Å². The van der Waals surface area contributed by atoms with Crippen molar-refractivity contribution in [2.24, 2.45) is 0 Å². The second-order valence-electron chi connectivity index (χ2n) is 7.92. The summed E-state index contributed by atoms with van der Waals surface area (Å²) in [5, 5.41) is 7.83. The maximum Gasteiger partial charge on any atom is 0.316 e. The summed E-state index contributed by atoms with van der Waals surface area (Å²) in [5.74, 6) is 1.45. The monoisotopic (exact) mass is 431 g/mol. The van der Waals surface area contributed by atoms with Gasteiger partial charge >= 0.3 is 6.01 Å². The van der Waals surface area contributed by atoms with Crippen LogP contribution < -0.4 is 14.8 Å². The SMILES string of the molecule is CN(C)CCOc1ncc(Nc2nc3cccc(-c4ccc5c(c4)CCCO5)n3n2)cn1.